The molecule has 2 rings (SSSR count). The van der Waals surface area contributed by atoms with Crippen LogP contribution in [0.1, 0.15) is 5.56 Å². The first kappa shape index (κ1) is 12.0. The Hall–Kier alpha value is -2.42. The molecule has 0 atom stereocenters. The first-order valence-electron chi connectivity index (χ1n) is 5.49. The summed E-state index contributed by atoms with van der Waals surface area (Å²) in [6.07, 6.45) is 7.33. The fourth-order valence-electron chi connectivity index (χ4n) is 1.56. The third kappa shape index (κ3) is 2.83. The maximum Gasteiger partial charge on any atom is 0.186 e. The second-order valence-corrected chi connectivity index (χ2v) is 3.81. The first-order chi connectivity index (χ1) is 8.69. The summed E-state index contributed by atoms with van der Waals surface area (Å²) in [5.74, 6) is 0.460. The summed E-state index contributed by atoms with van der Waals surface area (Å²) >= 11 is 0. The van der Waals surface area contributed by atoms with E-state index in [9.17, 15) is 9.59 Å². The molecule has 18 heavy (non-hydrogen) atoms. The Morgan fingerprint density at radius 3 is 2.39 bits per heavy atom. The van der Waals surface area contributed by atoms with Crippen LogP contribution in [0.15, 0.2) is 54.1 Å². The number of allylic oxidation sites excluding steroid dienone is 5. The predicted octanol–water partition coefficient (Wildman–Crippen LogP) is 2.34. The molecule has 0 amide bonds. The zero-order chi connectivity index (χ0) is 13.0. The molecule has 90 valence electrons. The van der Waals surface area contributed by atoms with Crippen molar-refractivity contribution in [1.29, 1.82) is 0 Å². The van der Waals surface area contributed by atoms with Crippen molar-refractivity contribution in [2.75, 3.05) is 7.11 Å². The van der Waals surface area contributed by atoms with Crippen LogP contribution in [0, 0.1) is 0 Å². The van der Waals surface area contributed by atoms with E-state index in [4.69, 9.17) is 4.74 Å². The van der Waals surface area contributed by atoms with Crippen LogP contribution >= 0.6 is 0 Å². The Morgan fingerprint density at radius 2 is 1.72 bits per heavy atom. The molecule has 0 unspecified atom stereocenters. The van der Waals surface area contributed by atoms with E-state index in [0.717, 1.165) is 11.3 Å². The van der Waals surface area contributed by atoms with Crippen molar-refractivity contribution in [3.63, 3.8) is 0 Å². The van der Waals surface area contributed by atoms with E-state index in [2.05, 4.69) is 0 Å². The molecule has 1 aromatic carbocycles. The van der Waals surface area contributed by atoms with Crippen molar-refractivity contribution in [1.82, 2.24) is 0 Å². The lowest BCUT2D eigenvalue weighted by atomic mass is 10.0. The molecule has 0 radical (unpaired) electrons. The summed E-state index contributed by atoms with van der Waals surface area (Å²) in [7, 11) is 1.61. The van der Waals surface area contributed by atoms with E-state index < -0.39 is 0 Å². The molecule has 0 aromatic heterocycles. The van der Waals surface area contributed by atoms with E-state index in [1.54, 1.807) is 19.3 Å². The van der Waals surface area contributed by atoms with Crippen LogP contribution in [0.3, 0.4) is 0 Å². The molecule has 0 saturated heterocycles. The van der Waals surface area contributed by atoms with Crippen LogP contribution in [0.2, 0.25) is 0 Å². The summed E-state index contributed by atoms with van der Waals surface area (Å²) in [5, 5.41) is 0. The van der Waals surface area contributed by atoms with Crippen LogP contribution in [-0.4, -0.2) is 18.7 Å². The van der Waals surface area contributed by atoms with Gasteiger partial charge in [-0.3, -0.25) is 9.59 Å². The number of hydrogen-bond donors (Lipinski definition) is 0. The van der Waals surface area contributed by atoms with Gasteiger partial charge in [-0.25, -0.2) is 0 Å². The third-order valence-corrected chi connectivity index (χ3v) is 2.55. The van der Waals surface area contributed by atoms with Gasteiger partial charge in [0.15, 0.2) is 11.6 Å². The second kappa shape index (κ2) is 5.27. The average molecular weight is 240 g/mol. The molecule has 3 nitrogen and oxygen atoms in total. The van der Waals surface area contributed by atoms with Crippen molar-refractivity contribution < 1.29 is 14.3 Å². The van der Waals surface area contributed by atoms with Crippen LogP contribution in [0.5, 0.6) is 5.75 Å². The normalized spacial score (nSPS) is 15.1. The van der Waals surface area contributed by atoms with Gasteiger partial charge in [0, 0.05) is 5.57 Å². The summed E-state index contributed by atoms with van der Waals surface area (Å²) in [6, 6.07) is 7.42. The van der Waals surface area contributed by atoms with Crippen molar-refractivity contribution in [2.45, 2.75) is 0 Å². The van der Waals surface area contributed by atoms with Gasteiger partial charge in [-0.05, 0) is 35.9 Å². The molecule has 1 aliphatic carbocycles. The Bertz CT molecular complexity index is 560. The van der Waals surface area contributed by atoms with Crippen molar-refractivity contribution in [3.8, 4) is 5.75 Å². The molecule has 0 saturated carbocycles. The highest BCUT2D eigenvalue weighted by atomic mass is 16.5. The fraction of sp³-hybridized carbons (Fsp3) is 0.0667. The molecular weight excluding hydrogens is 228 g/mol. The quantitative estimate of drug-likeness (QED) is 0.762. The highest BCUT2D eigenvalue weighted by Crippen LogP contribution is 2.14. The van der Waals surface area contributed by atoms with Gasteiger partial charge < -0.3 is 4.74 Å². The van der Waals surface area contributed by atoms with Gasteiger partial charge in [0.2, 0.25) is 0 Å². The SMILES string of the molecule is COc1ccc(C=CC2=CC(=O)C=CC2=O)cc1. The first-order valence-corrected chi connectivity index (χ1v) is 5.49. The topological polar surface area (TPSA) is 43.4 Å². The van der Waals surface area contributed by atoms with Gasteiger partial charge in [0.05, 0.1) is 7.11 Å². The number of ether oxygens (including phenoxy) is 1. The average Bonchev–Trinajstić information content (AvgIpc) is 2.40. The minimum Gasteiger partial charge on any atom is -0.497 e. The number of hydrogen-bond acceptors (Lipinski definition) is 3. The fourth-order valence-corrected chi connectivity index (χ4v) is 1.56. The lowest BCUT2D eigenvalue weighted by molar-refractivity contribution is -0.114. The molecule has 0 spiro atoms. The number of benzene rings is 1. The summed E-state index contributed by atoms with van der Waals surface area (Å²) in [6.45, 7) is 0. The largest absolute Gasteiger partial charge is 0.497 e. The lowest BCUT2D eigenvalue weighted by Gasteiger charge is -2.01. The summed E-state index contributed by atoms with van der Waals surface area (Å²) in [5.41, 5.74) is 1.34. The number of ketones is 2. The Labute approximate surface area is 105 Å². The maximum absolute atomic E-state index is 11.5. The monoisotopic (exact) mass is 240 g/mol. The zero-order valence-corrected chi connectivity index (χ0v) is 9.92. The second-order valence-electron chi connectivity index (χ2n) is 3.81. The molecule has 1 aliphatic rings. The summed E-state index contributed by atoms with van der Waals surface area (Å²) < 4.78 is 5.05. The minimum atomic E-state index is -0.163. The predicted molar refractivity (Wildman–Crippen MR) is 69.3 cm³/mol. The molecule has 3 heteroatoms. The van der Waals surface area contributed by atoms with Gasteiger partial charge >= 0.3 is 0 Å². The van der Waals surface area contributed by atoms with Crippen LogP contribution in [0.4, 0.5) is 0 Å². The Balaban J connectivity index is 2.15. The standard InChI is InChI=1S/C15H12O3/c1-18-14-7-3-11(4-8-14)2-5-12-10-13(16)6-9-15(12)17/h2-10H,1H3. The van der Waals surface area contributed by atoms with Crippen LogP contribution in [0.25, 0.3) is 6.08 Å². The molecule has 0 bridgehead atoms. The van der Waals surface area contributed by atoms with Gasteiger partial charge in [0.1, 0.15) is 5.75 Å². The number of methoxy groups -OCH3 is 1. The van der Waals surface area contributed by atoms with Crippen molar-refractivity contribution in [3.05, 3.63) is 59.7 Å². The van der Waals surface area contributed by atoms with Gasteiger partial charge in [-0.15, -0.1) is 0 Å². The number of carbonyl (C=O) groups excluding carboxylic acids is 2. The van der Waals surface area contributed by atoms with E-state index in [-0.39, 0.29) is 11.6 Å². The zero-order valence-electron chi connectivity index (χ0n) is 9.92. The van der Waals surface area contributed by atoms with E-state index >= 15 is 0 Å². The highest BCUT2D eigenvalue weighted by Gasteiger charge is 2.09. The smallest absolute Gasteiger partial charge is 0.186 e. The van der Waals surface area contributed by atoms with Gasteiger partial charge in [-0.2, -0.15) is 0 Å². The summed E-state index contributed by atoms with van der Waals surface area (Å²) in [4.78, 5) is 22.6. The molecular formula is C15H12O3. The molecule has 0 N–H and O–H groups in total. The lowest BCUT2D eigenvalue weighted by Crippen LogP contribution is -2.05. The van der Waals surface area contributed by atoms with E-state index in [1.165, 1.54) is 18.2 Å². The van der Waals surface area contributed by atoms with Gasteiger partial charge in [-0.1, -0.05) is 24.3 Å². The van der Waals surface area contributed by atoms with Crippen molar-refractivity contribution in [2.24, 2.45) is 0 Å². The van der Waals surface area contributed by atoms with E-state index in [0.29, 0.717) is 5.57 Å². The number of carbonyl (C=O) groups is 2. The van der Waals surface area contributed by atoms with Crippen molar-refractivity contribution >= 4 is 17.6 Å². The minimum absolute atomic E-state index is 0.153. The van der Waals surface area contributed by atoms with E-state index in [1.807, 2.05) is 24.3 Å². The Kier molecular flexibility index (Phi) is 3.53. The molecule has 1 aromatic rings. The highest BCUT2D eigenvalue weighted by molar-refractivity contribution is 6.18. The van der Waals surface area contributed by atoms with Crippen LogP contribution in [-0.2, 0) is 9.59 Å². The van der Waals surface area contributed by atoms with Crippen LogP contribution < -0.4 is 4.74 Å². The molecule has 0 fully saturated rings. The molecule has 0 aliphatic heterocycles. The maximum atomic E-state index is 11.5. The third-order valence-electron chi connectivity index (χ3n) is 2.55. The molecule has 0 heterocycles. The Morgan fingerprint density at radius 1 is 1.00 bits per heavy atom. The number of rotatable bonds is 3. The van der Waals surface area contributed by atoms with Gasteiger partial charge in [0.25, 0.3) is 0 Å².